The highest BCUT2D eigenvalue weighted by molar-refractivity contribution is 6.55. The van der Waals surface area contributed by atoms with E-state index in [0.29, 0.717) is 28.9 Å². The number of hydrazone groups is 1. The minimum Gasteiger partial charge on any atom is -0.298 e. The van der Waals surface area contributed by atoms with Gasteiger partial charge in [0.15, 0.2) is 17.5 Å². The molecule has 6 heteroatoms. The van der Waals surface area contributed by atoms with E-state index in [1.54, 1.807) is 0 Å². The molecule has 1 heterocycles. The minimum atomic E-state index is -0.136. The van der Waals surface area contributed by atoms with Crippen LogP contribution in [0.25, 0.3) is 62.1 Å². The Labute approximate surface area is 290 Å². The maximum atomic E-state index is 9.13. The predicted molar refractivity (Wildman–Crippen MR) is 205 cm³/mol. The second kappa shape index (κ2) is 11.6. The van der Waals surface area contributed by atoms with E-state index in [1.165, 1.54) is 22.3 Å². The van der Waals surface area contributed by atoms with E-state index in [0.717, 1.165) is 44.3 Å². The first kappa shape index (κ1) is 29.6. The van der Waals surface area contributed by atoms with Crippen LogP contribution in [0.5, 0.6) is 0 Å². The van der Waals surface area contributed by atoms with Gasteiger partial charge in [0, 0.05) is 27.7 Å². The summed E-state index contributed by atoms with van der Waals surface area (Å²) in [4.78, 5) is 15.3. The van der Waals surface area contributed by atoms with Crippen LogP contribution in [0.4, 0.5) is 5.69 Å². The Morgan fingerprint density at radius 1 is 0.580 bits per heavy atom. The van der Waals surface area contributed by atoms with Crippen molar-refractivity contribution < 1.29 is 0 Å². The molecule has 0 fully saturated rings. The Bertz CT molecular complexity index is 2550. The molecule has 9 rings (SSSR count). The molecule has 50 heavy (non-hydrogen) atoms. The minimum absolute atomic E-state index is 0.136. The summed E-state index contributed by atoms with van der Waals surface area (Å²) >= 11 is 0. The number of rotatable bonds is 5. The van der Waals surface area contributed by atoms with Gasteiger partial charge in [0.2, 0.25) is 0 Å². The Kier molecular flexibility index (Phi) is 6.85. The van der Waals surface area contributed by atoms with Crippen molar-refractivity contribution in [2.24, 2.45) is 5.10 Å². The van der Waals surface area contributed by atoms with Crippen molar-refractivity contribution in [1.82, 2.24) is 15.0 Å². The Balaban J connectivity index is 1.17. The number of aromatic nitrogens is 3. The van der Waals surface area contributed by atoms with E-state index in [4.69, 9.17) is 20.4 Å². The van der Waals surface area contributed by atoms with Gasteiger partial charge in [-0.25, -0.2) is 15.0 Å². The quantitative estimate of drug-likeness (QED) is 0.183. The van der Waals surface area contributed by atoms with Crippen molar-refractivity contribution in [1.29, 1.82) is 5.41 Å². The lowest BCUT2D eigenvalue weighted by atomic mass is 9.82. The number of nitrogens with one attached hydrogen (secondary N) is 2. The highest BCUT2D eigenvalue weighted by Gasteiger charge is 2.37. The topological polar surface area (TPSA) is 86.9 Å². The second-order valence-corrected chi connectivity index (χ2v) is 13.2. The summed E-state index contributed by atoms with van der Waals surface area (Å²) in [7, 11) is 0. The molecule has 0 atom stereocenters. The number of fused-ring (bicyclic) bond motifs is 6. The highest BCUT2D eigenvalue weighted by Crippen LogP contribution is 2.51. The van der Waals surface area contributed by atoms with Crippen molar-refractivity contribution in [3.05, 3.63) is 162 Å². The summed E-state index contributed by atoms with van der Waals surface area (Å²) < 4.78 is 0. The fourth-order valence-corrected chi connectivity index (χ4v) is 7.30. The molecule has 0 saturated heterocycles. The van der Waals surface area contributed by atoms with Crippen LogP contribution < -0.4 is 5.43 Å². The van der Waals surface area contributed by atoms with Gasteiger partial charge < -0.3 is 0 Å². The smallest absolute Gasteiger partial charge is 0.164 e. The van der Waals surface area contributed by atoms with Crippen molar-refractivity contribution in [2.45, 2.75) is 19.3 Å². The monoisotopic (exact) mass is 644 g/mol. The largest absolute Gasteiger partial charge is 0.298 e. The lowest BCUT2D eigenvalue weighted by molar-refractivity contribution is 0.660. The Hall–Kier alpha value is -6.53. The summed E-state index contributed by atoms with van der Waals surface area (Å²) in [5.41, 5.74) is 14.4. The van der Waals surface area contributed by atoms with Gasteiger partial charge in [0.25, 0.3) is 0 Å². The molecular weight excluding hydrogens is 613 g/mol. The molecule has 6 nitrogen and oxygen atoms in total. The Morgan fingerprint density at radius 2 is 1.26 bits per heavy atom. The summed E-state index contributed by atoms with van der Waals surface area (Å²) in [5, 5.41) is 15.7. The van der Waals surface area contributed by atoms with Gasteiger partial charge in [-0.2, -0.15) is 5.10 Å². The van der Waals surface area contributed by atoms with Crippen LogP contribution >= 0.6 is 0 Å². The zero-order valence-electron chi connectivity index (χ0n) is 27.6. The number of benzene rings is 6. The zero-order chi connectivity index (χ0) is 33.8. The number of allylic oxidation sites excluding steroid dienone is 1. The van der Waals surface area contributed by atoms with Gasteiger partial charge in [-0.15, -0.1) is 0 Å². The summed E-state index contributed by atoms with van der Waals surface area (Å²) in [6.07, 6.45) is 3.91. The molecule has 6 aromatic carbocycles. The maximum absolute atomic E-state index is 9.13. The van der Waals surface area contributed by atoms with Crippen LogP contribution in [-0.4, -0.2) is 26.4 Å². The molecule has 0 aliphatic heterocycles. The maximum Gasteiger partial charge on any atom is 0.164 e. The van der Waals surface area contributed by atoms with Gasteiger partial charge in [0.1, 0.15) is 5.71 Å². The van der Waals surface area contributed by atoms with E-state index in [9.17, 15) is 0 Å². The van der Waals surface area contributed by atoms with Gasteiger partial charge in [-0.3, -0.25) is 10.8 Å². The van der Waals surface area contributed by atoms with Crippen LogP contribution in [0.2, 0.25) is 0 Å². The second-order valence-electron chi connectivity index (χ2n) is 13.2. The third kappa shape index (κ3) is 4.84. The van der Waals surface area contributed by atoms with Crippen LogP contribution in [0.15, 0.2) is 145 Å². The molecular formula is C44H32N6. The fourth-order valence-electron chi connectivity index (χ4n) is 7.30. The first-order valence-corrected chi connectivity index (χ1v) is 16.7. The van der Waals surface area contributed by atoms with Crippen molar-refractivity contribution in [3.8, 4) is 45.3 Å². The van der Waals surface area contributed by atoms with Crippen molar-refractivity contribution >= 4 is 34.0 Å². The molecule has 0 spiro atoms. The lowest BCUT2D eigenvalue weighted by Gasteiger charge is -2.21. The summed E-state index contributed by atoms with van der Waals surface area (Å²) in [6, 6.07) is 45.4. The summed E-state index contributed by atoms with van der Waals surface area (Å²) in [5.74, 6) is 1.86. The number of anilines is 1. The zero-order valence-corrected chi connectivity index (χ0v) is 27.6. The molecule has 0 amide bonds. The van der Waals surface area contributed by atoms with E-state index >= 15 is 0 Å². The van der Waals surface area contributed by atoms with Crippen LogP contribution in [-0.2, 0) is 5.41 Å². The number of hydrogen-bond acceptors (Lipinski definition) is 6. The van der Waals surface area contributed by atoms with E-state index in [-0.39, 0.29) is 5.41 Å². The third-order valence-corrected chi connectivity index (χ3v) is 9.83. The van der Waals surface area contributed by atoms with Gasteiger partial charge >= 0.3 is 0 Å². The molecule has 2 aliphatic carbocycles. The van der Waals surface area contributed by atoms with Crippen LogP contribution in [0.1, 0.15) is 36.1 Å². The first-order valence-electron chi connectivity index (χ1n) is 16.7. The number of hydrogen-bond donors (Lipinski definition) is 2. The molecule has 0 unspecified atom stereocenters. The SMILES string of the molecule is CC1(C)c2ccccc2-c2c(-c3nc(-c4ccccc4)nc(-c4ccc5c6c(ccc5c4)C=C/C(=N/Nc4ccccc4)C6=N)n3)cccc21. The molecule has 0 radical (unpaired) electrons. The molecule has 0 bridgehead atoms. The summed E-state index contributed by atoms with van der Waals surface area (Å²) in [6.45, 7) is 4.57. The van der Waals surface area contributed by atoms with E-state index < -0.39 is 0 Å². The predicted octanol–water partition coefficient (Wildman–Crippen LogP) is 10.2. The third-order valence-electron chi connectivity index (χ3n) is 9.83. The molecule has 0 saturated carbocycles. The van der Waals surface area contributed by atoms with Gasteiger partial charge in [-0.05, 0) is 62.9 Å². The first-order chi connectivity index (χ1) is 24.5. The molecule has 1 aromatic heterocycles. The Morgan fingerprint density at radius 3 is 2.08 bits per heavy atom. The van der Waals surface area contributed by atoms with Gasteiger partial charge in [0.05, 0.1) is 11.4 Å². The average Bonchev–Trinajstić information content (AvgIpc) is 3.41. The van der Waals surface area contributed by atoms with Gasteiger partial charge in [-0.1, -0.05) is 135 Å². The highest BCUT2D eigenvalue weighted by atomic mass is 15.3. The fraction of sp³-hybridized carbons (Fsp3) is 0.0682. The van der Waals surface area contributed by atoms with Crippen LogP contribution in [0.3, 0.4) is 0 Å². The number of nitrogens with zero attached hydrogens (tertiary/aromatic N) is 4. The normalized spacial score (nSPS) is 14.8. The average molecular weight is 645 g/mol. The van der Waals surface area contributed by atoms with E-state index in [2.05, 4.69) is 97.2 Å². The molecule has 238 valence electrons. The molecule has 7 aromatic rings. The van der Waals surface area contributed by atoms with Crippen molar-refractivity contribution in [2.75, 3.05) is 5.43 Å². The van der Waals surface area contributed by atoms with Crippen molar-refractivity contribution in [3.63, 3.8) is 0 Å². The number of para-hydroxylation sites is 1. The van der Waals surface area contributed by atoms with E-state index in [1.807, 2.05) is 72.8 Å². The van der Waals surface area contributed by atoms with Crippen LogP contribution in [0, 0.1) is 5.41 Å². The standard InChI is InChI=1S/C44H32N6/c1-44(2)35-18-10-9-16-33(35)39-34(17-11-19-36(39)44)43-47-41(28-12-5-3-6-13-28)46-42(48-43)30-22-24-32-29(26-30)21-20-27-23-25-37(40(45)38(27)32)50-49-31-14-7-4-8-15-31/h3-26,45,49H,1-2H3/b45-40?,50-37-. The molecule has 2 N–H and O–H groups in total. The molecule has 2 aliphatic rings. The lowest BCUT2D eigenvalue weighted by Crippen LogP contribution is -2.18.